The van der Waals surface area contributed by atoms with E-state index in [1.165, 1.54) is 0 Å². The fourth-order valence-electron chi connectivity index (χ4n) is 0.990. The van der Waals surface area contributed by atoms with Crippen molar-refractivity contribution in [3.8, 4) is 0 Å². The molecule has 0 saturated carbocycles. The van der Waals surface area contributed by atoms with Gasteiger partial charge in [0.25, 0.3) is 0 Å². The first kappa shape index (κ1) is 10.4. The van der Waals surface area contributed by atoms with Gasteiger partial charge >= 0.3 is 0 Å². The van der Waals surface area contributed by atoms with Crippen LogP contribution in [0.3, 0.4) is 0 Å². The molecule has 2 aromatic rings. The lowest BCUT2D eigenvalue weighted by atomic mass is 10.2. The Morgan fingerprint density at radius 3 is 2.69 bits per heavy atom. The monoisotopic (exact) mass is 237 g/mol. The second-order valence-corrected chi connectivity index (χ2v) is 3.36. The number of hydrogen-bond donors (Lipinski definition) is 2. The van der Waals surface area contributed by atoms with Crippen LogP contribution < -0.4 is 11.2 Å². The minimum atomic E-state index is 0.160. The predicted molar refractivity (Wildman–Crippen MR) is 61.4 cm³/mol. The zero-order chi connectivity index (χ0) is 11.4. The Hall–Kier alpha value is -2.08. The standard InChI is InChI=1S/C9H8ClN5O/c10-7-3-1-6(2-4-7)5-12-13-9-8(11)14-16-15-9/h1-5H,(H2,11,14)(H,13,15)/b12-5+. The first-order valence-corrected chi connectivity index (χ1v) is 4.76. The Kier molecular flexibility index (Phi) is 3.02. The highest BCUT2D eigenvalue weighted by molar-refractivity contribution is 6.30. The fourth-order valence-corrected chi connectivity index (χ4v) is 1.12. The van der Waals surface area contributed by atoms with Gasteiger partial charge in [0.1, 0.15) is 0 Å². The van der Waals surface area contributed by atoms with Gasteiger partial charge in [0, 0.05) is 5.02 Å². The smallest absolute Gasteiger partial charge is 0.235 e. The molecule has 16 heavy (non-hydrogen) atoms. The van der Waals surface area contributed by atoms with Gasteiger partial charge in [0.15, 0.2) is 0 Å². The molecule has 1 aromatic carbocycles. The summed E-state index contributed by atoms with van der Waals surface area (Å²) in [5, 5.41) is 11.5. The third-order valence-electron chi connectivity index (χ3n) is 1.77. The SMILES string of the molecule is Nc1nonc1N/N=C/c1ccc(Cl)cc1. The predicted octanol–water partition coefficient (Wildman–Crippen LogP) is 1.75. The van der Waals surface area contributed by atoms with Crippen LogP contribution in [0.25, 0.3) is 0 Å². The Bertz CT molecular complexity index is 493. The van der Waals surface area contributed by atoms with Crippen molar-refractivity contribution in [3.63, 3.8) is 0 Å². The van der Waals surface area contributed by atoms with Crippen molar-refractivity contribution in [1.29, 1.82) is 0 Å². The van der Waals surface area contributed by atoms with Crippen molar-refractivity contribution in [1.82, 2.24) is 10.3 Å². The molecule has 0 spiro atoms. The summed E-state index contributed by atoms with van der Waals surface area (Å²) >= 11 is 5.74. The van der Waals surface area contributed by atoms with Crippen molar-refractivity contribution in [2.24, 2.45) is 5.10 Å². The van der Waals surface area contributed by atoms with Crippen LogP contribution in [0.5, 0.6) is 0 Å². The summed E-state index contributed by atoms with van der Waals surface area (Å²) in [7, 11) is 0. The van der Waals surface area contributed by atoms with E-state index in [9.17, 15) is 0 Å². The first-order chi connectivity index (χ1) is 7.75. The Balaban J connectivity index is 2.00. The molecular formula is C9H8ClN5O. The van der Waals surface area contributed by atoms with Crippen LogP contribution in [0.2, 0.25) is 5.02 Å². The summed E-state index contributed by atoms with van der Waals surface area (Å²) in [5.41, 5.74) is 8.91. The van der Waals surface area contributed by atoms with Gasteiger partial charge in [-0.3, -0.25) is 5.43 Å². The minimum absolute atomic E-state index is 0.160. The number of aromatic nitrogens is 2. The van der Waals surface area contributed by atoms with E-state index in [2.05, 4.69) is 25.5 Å². The van der Waals surface area contributed by atoms with Crippen LogP contribution >= 0.6 is 11.6 Å². The molecule has 0 saturated heterocycles. The molecule has 3 N–H and O–H groups in total. The van der Waals surface area contributed by atoms with Gasteiger partial charge in [0.2, 0.25) is 11.6 Å². The number of hydrazone groups is 1. The van der Waals surface area contributed by atoms with Crippen molar-refractivity contribution in [3.05, 3.63) is 34.9 Å². The number of nitrogens with zero attached hydrogens (tertiary/aromatic N) is 3. The fraction of sp³-hybridized carbons (Fsp3) is 0. The van der Waals surface area contributed by atoms with Crippen LogP contribution in [0.15, 0.2) is 34.0 Å². The largest absolute Gasteiger partial charge is 0.378 e. The number of hydrogen-bond acceptors (Lipinski definition) is 6. The molecule has 0 amide bonds. The van der Waals surface area contributed by atoms with Gasteiger partial charge in [-0.15, -0.1) is 0 Å². The van der Waals surface area contributed by atoms with Gasteiger partial charge in [-0.1, -0.05) is 23.7 Å². The molecule has 0 aliphatic carbocycles. The molecule has 82 valence electrons. The number of nitrogens with two attached hydrogens (primary N) is 1. The van der Waals surface area contributed by atoms with Crippen LogP contribution in [-0.2, 0) is 0 Å². The molecule has 1 aromatic heterocycles. The summed E-state index contributed by atoms with van der Waals surface area (Å²) in [5.74, 6) is 0.443. The lowest BCUT2D eigenvalue weighted by Crippen LogP contribution is -1.95. The highest BCUT2D eigenvalue weighted by Crippen LogP contribution is 2.10. The molecule has 6 nitrogen and oxygen atoms in total. The van der Waals surface area contributed by atoms with E-state index in [0.717, 1.165) is 5.56 Å². The summed E-state index contributed by atoms with van der Waals surface area (Å²) in [4.78, 5) is 0. The topological polar surface area (TPSA) is 89.3 Å². The van der Waals surface area contributed by atoms with Crippen LogP contribution in [0.1, 0.15) is 5.56 Å². The Morgan fingerprint density at radius 1 is 1.31 bits per heavy atom. The second-order valence-electron chi connectivity index (χ2n) is 2.92. The van der Waals surface area contributed by atoms with E-state index < -0.39 is 0 Å². The molecule has 2 rings (SSSR count). The maximum Gasteiger partial charge on any atom is 0.235 e. The maximum absolute atomic E-state index is 5.74. The summed E-state index contributed by atoms with van der Waals surface area (Å²) in [6.45, 7) is 0. The lowest BCUT2D eigenvalue weighted by Gasteiger charge is -1.94. The molecule has 1 heterocycles. The molecule has 0 atom stereocenters. The molecule has 0 bridgehead atoms. The first-order valence-electron chi connectivity index (χ1n) is 4.38. The quantitative estimate of drug-likeness (QED) is 0.627. The van der Waals surface area contributed by atoms with E-state index in [-0.39, 0.29) is 11.6 Å². The van der Waals surface area contributed by atoms with Gasteiger partial charge < -0.3 is 5.73 Å². The molecule has 0 aliphatic heterocycles. The van der Waals surface area contributed by atoms with E-state index in [0.29, 0.717) is 5.02 Å². The summed E-state index contributed by atoms with van der Waals surface area (Å²) < 4.78 is 4.38. The van der Waals surface area contributed by atoms with Crippen molar-refractivity contribution in [2.75, 3.05) is 11.2 Å². The molecule has 7 heteroatoms. The molecule has 0 fully saturated rings. The molecule has 0 aliphatic rings. The van der Waals surface area contributed by atoms with E-state index >= 15 is 0 Å². The number of anilines is 2. The third-order valence-corrected chi connectivity index (χ3v) is 2.02. The van der Waals surface area contributed by atoms with E-state index in [1.54, 1.807) is 18.3 Å². The van der Waals surface area contributed by atoms with E-state index in [1.807, 2.05) is 12.1 Å². The zero-order valence-corrected chi connectivity index (χ0v) is 8.85. The van der Waals surface area contributed by atoms with Crippen molar-refractivity contribution in [2.45, 2.75) is 0 Å². The molecule has 0 unspecified atom stereocenters. The van der Waals surface area contributed by atoms with Crippen LogP contribution in [0, 0.1) is 0 Å². The molecular weight excluding hydrogens is 230 g/mol. The van der Waals surface area contributed by atoms with Gasteiger partial charge in [-0.05, 0) is 28.0 Å². The molecule has 0 radical (unpaired) electrons. The minimum Gasteiger partial charge on any atom is -0.378 e. The van der Waals surface area contributed by atoms with Crippen LogP contribution in [0.4, 0.5) is 11.6 Å². The Labute approximate surface area is 96.0 Å². The van der Waals surface area contributed by atoms with Gasteiger partial charge in [-0.2, -0.15) is 5.10 Å². The lowest BCUT2D eigenvalue weighted by molar-refractivity contribution is 0.310. The number of nitrogen functional groups attached to an aromatic ring is 1. The average Bonchev–Trinajstić information content (AvgIpc) is 2.68. The van der Waals surface area contributed by atoms with Crippen LogP contribution in [-0.4, -0.2) is 16.5 Å². The van der Waals surface area contributed by atoms with E-state index in [4.69, 9.17) is 17.3 Å². The summed E-state index contributed by atoms with van der Waals surface area (Å²) in [6.07, 6.45) is 1.60. The zero-order valence-electron chi connectivity index (χ0n) is 8.09. The maximum atomic E-state index is 5.74. The average molecular weight is 238 g/mol. The number of nitrogens with one attached hydrogen (secondary N) is 1. The summed E-state index contributed by atoms with van der Waals surface area (Å²) in [6, 6.07) is 7.21. The number of halogens is 1. The number of rotatable bonds is 3. The van der Waals surface area contributed by atoms with Crippen molar-refractivity contribution >= 4 is 29.5 Å². The van der Waals surface area contributed by atoms with Crippen molar-refractivity contribution < 1.29 is 4.63 Å². The number of benzene rings is 1. The van der Waals surface area contributed by atoms with Gasteiger partial charge in [-0.25, -0.2) is 4.63 Å². The van der Waals surface area contributed by atoms with Gasteiger partial charge in [0.05, 0.1) is 6.21 Å². The third kappa shape index (κ3) is 2.48. The normalized spacial score (nSPS) is 10.8. The Morgan fingerprint density at radius 2 is 2.06 bits per heavy atom. The highest BCUT2D eigenvalue weighted by Gasteiger charge is 2.02. The highest BCUT2D eigenvalue weighted by atomic mass is 35.5. The second kappa shape index (κ2) is 4.63.